The van der Waals surface area contributed by atoms with Gasteiger partial charge in [0.1, 0.15) is 0 Å². The second-order valence-electron chi connectivity index (χ2n) is 4.90. The molecule has 1 heterocycles. The van der Waals surface area contributed by atoms with Crippen molar-refractivity contribution in [2.75, 3.05) is 7.05 Å². The van der Waals surface area contributed by atoms with E-state index >= 15 is 0 Å². The van der Waals surface area contributed by atoms with Gasteiger partial charge >= 0.3 is 0 Å². The van der Waals surface area contributed by atoms with Gasteiger partial charge in [0, 0.05) is 25.9 Å². The molecule has 17 heavy (non-hydrogen) atoms. The van der Waals surface area contributed by atoms with Crippen LogP contribution in [-0.4, -0.2) is 22.8 Å². The lowest BCUT2D eigenvalue weighted by atomic mass is 10.1. The van der Waals surface area contributed by atoms with Crippen LogP contribution in [0, 0.1) is 5.92 Å². The Labute approximate surface area is 104 Å². The van der Waals surface area contributed by atoms with E-state index in [0.717, 1.165) is 12.0 Å². The fourth-order valence-corrected chi connectivity index (χ4v) is 1.65. The molecule has 0 bridgehead atoms. The maximum Gasteiger partial charge on any atom is 0.222 e. The standard InChI is InChI=1S/C14H22N2O/c1-11(2)7-8-14(17)16(4)12(3)13-6-5-9-15-10-13/h5-6,9-12H,7-8H2,1-4H3/t12-/m1/s1. The second kappa shape index (κ2) is 6.38. The van der Waals surface area contributed by atoms with Crippen molar-refractivity contribution in [1.82, 2.24) is 9.88 Å². The van der Waals surface area contributed by atoms with Gasteiger partial charge in [-0.25, -0.2) is 0 Å². The molecule has 3 heteroatoms. The Bertz CT molecular complexity index is 348. The summed E-state index contributed by atoms with van der Waals surface area (Å²) >= 11 is 0. The van der Waals surface area contributed by atoms with Crippen molar-refractivity contribution in [3.05, 3.63) is 30.1 Å². The highest BCUT2D eigenvalue weighted by molar-refractivity contribution is 5.76. The average Bonchev–Trinajstić information content (AvgIpc) is 2.35. The fourth-order valence-electron chi connectivity index (χ4n) is 1.65. The zero-order chi connectivity index (χ0) is 12.8. The van der Waals surface area contributed by atoms with Crippen LogP contribution >= 0.6 is 0 Å². The van der Waals surface area contributed by atoms with Crippen molar-refractivity contribution in [2.45, 2.75) is 39.7 Å². The van der Waals surface area contributed by atoms with Crippen LogP contribution in [0.5, 0.6) is 0 Å². The predicted molar refractivity (Wildman–Crippen MR) is 69.5 cm³/mol. The van der Waals surface area contributed by atoms with Crippen LogP contribution in [0.4, 0.5) is 0 Å². The van der Waals surface area contributed by atoms with E-state index in [9.17, 15) is 4.79 Å². The highest BCUT2D eigenvalue weighted by Crippen LogP contribution is 2.19. The topological polar surface area (TPSA) is 33.2 Å². The van der Waals surface area contributed by atoms with Gasteiger partial charge in [-0.1, -0.05) is 19.9 Å². The summed E-state index contributed by atoms with van der Waals surface area (Å²) in [6, 6.07) is 3.99. The highest BCUT2D eigenvalue weighted by Gasteiger charge is 2.17. The molecule has 0 saturated heterocycles. The van der Waals surface area contributed by atoms with Crippen LogP contribution in [0.2, 0.25) is 0 Å². The molecule has 0 saturated carbocycles. The second-order valence-corrected chi connectivity index (χ2v) is 4.90. The highest BCUT2D eigenvalue weighted by atomic mass is 16.2. The summed E-state index contributed by atoms with van der Waals surface area (Å²) in [7, 11) is 1.86. The SMILES string of the molecule is CC(C)CCC(=O)N(C)[C@H](C)c1cccnc1. The summed E-state index contributed by atoms with van der Waals surface area (Å²) in [5.74, 6) is 0.774. The molecule has 1 amide bonds. The minimum absolute atomic E-state index is 0.0864. The summed E-state index contributed by atoms with van der Waals surface area (Å²) in [6.45, 7) is 6.31. The number of carbonyl (C=O) groups excluding carboxylic acids is 1. The van der Waals surface area contributed by atoms with Gasteiger partial charge in [-0.3, -0.25) is 9.78 Å². The normalized spacial score (nSPS) is 12.5. The molecule has 1 aromatic rings. The van der Waals surface area contributed by atoms with Crippen LogP contribution in [-0.2, 0) is 4.79 Å². The smallest absolute Gasteiger partial charge is 0.222 e. The number of hydrogen-bond acceptors (Lipinski definition) is 2. The summed E-state index contributed by atoms with van der Waals surface area (Å²) < 4.78 is 0. The third-order valence-electron chi connectivity index (χ3n) is 3.08. The minimum atomic E-state index is 0.0864. The van der Waals surface area contributed by atoms with Gasteiger partial charge < -0.3 is 4.90 Å². The molecular formula is C14H22N2O. The van der Waals surface area contributed by atoms with Crippen LogP contribution in [0.25, 0.3) is 0 Å². The maximum atomic E-state index is 12.0. The van der Waals surface area contributed by atoms with E-state index in [1.165, 1.54) is 0 Å². The molecular weight excluding hydrogens is 212 g/mol. The molecule has 0 unspecified atom stereocenters. The number of aromatic nitrogens is 1. The molecule has 0 spiro atoms. The quantitative estimate of drug-likeness (QED) is 0.784. The summed E-state index contributed by atoms with van der Waals surface area (Å²) in [4.78, 5) is 17.9. The molecule has 1 atom stereocenters. The van der Waals surface area contributed by atoms with Gasteiger partial charge in [0.25, 0.3) is 0 Å². The number of hydrogen-bond donors (Lipinski definition) is 0. The lowest BCUT2D eigenvalue weighted by Gasteiger charge is -2.25. The zero-order valence-corrected chi connectivity index (χ0v) is 11.2. The van der Waals surface area contributed by atoms with Crippen molar-refractivity contribution in [2.24, 2.45) is 5.92 Å². The van der Waals surface area contributed by atoms with Gasteiger partial charge in [-0.2, -0.15) is 0 Å². The van der Waals surface area contributed by atoms with Crippen molar-refractivity contribution in [3.8, 4) is 0 Å². The van der Waals surface area contributed by atoms with Gasteiger partial charge in [0.15, 0.2) is 0 Å². The predicted octanol–water partition coefficient (Wildman–Crippen LogP) is 3.04. The van der Waals surface area contributed by atoms with Crippen LogP contribution in [0.15, 0.2) is 24.5 Å². The number of rotatable bonds is 5. The first-order chi connectivity index (χ1) is 8.02. The van der Waals surface area contributed by atoms with E-state index < -0.39 is 0 Å². The largest absolute Gasteiger partial charge is 0.339 e. The van der Waals surface area contributed by atoms with Crippen LogP contribution in [0.1, 0.15) is 45.2 Å². The molecule has 1 rings (SSSR count). The van der Waals surface area contributed by atoms with Gasteiger partial charge in [-0.15, -0.1) is 0 Å². The molecule has 0 N–H and O–H groups in total. The lowest BCUT2D eigenvalue weighted by molar-refractivity contribution is -0.132. The molecule has 1 aromatic heterocycles. The van der Waals surface area contributed by atoms with Crippen molar-refractivity contribution < 1.29 is 4.79 Å². The van der Waals surface area contributed by atoms with E-state index in [1.807, 2.05) is 32.3 Å². The third-order valence-corrected chi connectivity index (χ3v) is 3.08. The zero-order valence-electron chi connectivity index (χ0n) is 11.2. The van der Waals surface area contributed by atoms with Crippen molar-refractivity contribution in [1.29, 1.82) is 0 Å². The van der Waals surface area contributed by atoms with E-state index in [1.54, 1.807) is 11.1 Å². The van der Waals surface area contributed by atoms with Crippen molar-refractivity contribution in [3.63, 3.8) is 0 Å². The molecule has 0 aliphatic rings. The van der Waals surface area contributed by atoms with E-state index in [2.05, 4.69) is 18.8 Å². The van der Waals surface area contributed by atoms with E-state index in [4.69, 9.17) is 0 Å². The summed E-state index contributed by atoms with van der Waals surface area (Å²) in [5, 5.41) is 0. The number of pyridine rings is 1. The Balaban J connectivity index is 2.57. The maximum absolute atomic E-state index is 12.0. The fraction of sp³-hybridized carbons (Fsp3) is 0.571. The monoisotopic (exact) mass is 234 g/mol. The molecule has 0 aliphatic heterocycles. The van der Waals surface area contributed by atoms with Crippen molar-refractivity contribution >= 4 is 5.91 Å². The Hall–Kier alpha value is -1.38. The average molecular weight is 234 g/mol. The molecule has 0 radical (unpaired) electrons. The third kappa shape index (κ3) is 4.17. The Morgan fingerprint density at radius 3 is 2.65 bits per heavy atom. The first kappa shape index (κ1) is 13.7. The molecule has 3 nitrogen and oxygen atoms in total. The van der Waals surface area contributed by atoms with Crippen LogP contribution in [0.3, 0.4) is 0 Å². The summed E-state index contributed by atoms with van der Waals surface area (Å²) in [6.07, 6.45) is 5.13. The first-order valence-corrected chi connectivity index (χ1v) is 6.18. The Kier molecular flexibility index (Phi) is 5.13. The van der Waals surface area contributed by atoms with E-state index in [-0.39, 0.29) is 11.9 Å². The Morgan fingerprint density at radius 2 is 2.12 bits per heavy atom. The van der Waals surface area contributed by atoms with Gasteiger partial charge in [0.05, 0.1) is 6.04 Å². The number of carbonyl (C=O) groups is 1. The van der Waals surface area contributed by atoms with Crippen LogP contribution < -0.4 is 0 Å². The molecule has 0 fully saturated rings. The number of amides is 1. The minimum Gasteiger partial charge on any atom is -0.339 e. The molecule has 94 valence electrons. The van der Waals surface area contributed by atoms with Gasteiger partial charge in [0.2, 0.25) is 5.91 Å². The first-order valence-electron chi connectivity index (χ1n) is 6.18. The molecule has 0 aromatic carbocycles. The lowest BCUT2D eigenvalue weighted by Crippen LogP contribution is -2.29. The Morgan fingerprint density at radius 1 is 1.41 bits per heavy atom. The van der Waals surface area contributed by atoms with E-state index in [0.29, 0.717) is 12.3 Å². The molecule has 0 aliphatic carbocycles. The summed E-state index contributed by atoms with van der Waals surface area (Å²) in [5.41, 5.74) is 1.08. The number of nitrogens with zero attached hydrogens (tertiary/aromatic N) is 2. The van der Waals surface area contributed by atoms with Gasteiger partial charge in [-0.05, 0) is 30.9 Å².